The summed E-state index contributed by atoms with van der Waals surface area (Å²) in [6.07, 6.45) is -2.84. The zero-order chi connectivity index (χ0) is 20.0. The van der Waals surface area contributed by atoms with Crippen molar-refractivity contribution in [1.29, 1.82) is 0 Å². The largest absolute Gasteiger partial charge is 0.439 e. The minimum Gasteiger partial charge on any atom is -0.439 e. The van der Waals surface area contributed by atoms with Gasteiger partial charge in [0.25, 0.3) is 0 Å². The molecule has 4 nitrogen and oxygen atoms in total. The Balaban J connectivity index is 1.36. The highest BCUT2D eigenvalue weighted by Crippen LogP contribution is 2.40. The predicted molar refractivity (Wildman–Crippen MR) is 102 cm³/mol. The van der Waals surface area contributed by atoms with E-state index in [2.05, 4.69) is 27.3 Å². The minimum atomic E-state index is -4.42. The van der Waals surface area contributed by atoms with E-state index in [0.717, 1.165) is 41.2 Å². The van der Waals surface area contributed by atoms with Crippen molar-refractivity contribution in [2.24, 2.45) is 0 Å². The number of hydrogen-bond acceptors (Lipinski definition) is 3. The number of hydrogen-bond donors (Lipinski definition) is 1. The summed E-state index contributed by atoms with van der Waals surface area (Å²) in [5.41, 5.74) is 5.65. The number of nitrogens with zero attached hydrogens (tertiary/aromatic N) is 2. The molecular weight excluding hydrogens is 379 g/mol. The van der Waals surface area contributed by atoms with Gasteiger partial charge in [0.15, 0.2) is 0 Å². The van der Waals surface area contributed by atoms with Crippen LogP contribution in [0.4, 0.5) is 13.2 Å². The van der Waals surface area contributed by atoms with Crippen molar-refractivity contribution in [3.05, 3.63) is 83.6 Å². The van der Waals surface area contributed by atoms with Gasteiger partial charge < -0.3 is 4.74 Å². The number of benzene rings is 2. The fraction of sp³-hybridized carbons (Fsp3) is 0.0909. The molecule has 0 unspecified atom stereocenters. The third-order valence-corrected chi connectivity index (χ3v) is 4.93. The number of aromatic amines is 1. The van der Waals surface area contributed by atoms with Crippen molar-refractivity contribution in [3.8, 4) is 34.1 Å². The van der Waals surface area contributed by atoms with Gasteiger partial charge in [-0.2, -0.15) is 18.3 Å². The van der Waals surface area contributed by atoms with Crippen LogP contribution in [0.5, 0.6) is 11.6 Å². The molecule has 5 rings (SSSR count). The van der Waals surface area contributed by atoms with E-state index < -0.39 is 11.7 Å². The monoisotopic (exact) mass is 393 g/mol. The Kier molecular flexibility index (Phi) is 3.91. The van der Waals surface area contributed by atoms with E-state index in [1.807, 2.05) is 24.3 Å². The third kappa shape index (κ3) is 3.14. The molecule has 0 saturated heterocycles. The maximum absolute atomic E-state index is 12.6. The SMILES string of the molecule is FC(F)(F)c1ccc(Oc2ccc(-c3n[nH]c4c3Cc3ccccc3-4)cc2)nc1. The Labute approximate surface area is 164 Å². The van der Waals surface area contributed by atoms with E-state index in [1.165, 1.54) is 17.2 Å². The molecule has 7 heteroatoms. The number of pyridine rings is 1. The van der Waals surface area contributed by atoms with Crippen LogP contribution in [-0.4, -0.2) is 15.2 Å². The highest BCUT2D eigenvalue weighted by molar-refractivity contribution is 5.81. The number of ether oxygens (including phenoxy) is 1. The summed E-state index contributed by atoms with van der Waals surface area (Å²) in [6, 6.07) is 17.6. The lowest BCUT2D eigenvalue weighted by Crippen LogP contribution is -2.05. The molecule has 0 radical (unpaired) electrons. The van der Waals surface area contributed by atoms with E-state index in [-0.39, 0.29) is 5.88 Å². The van der Waals surface area contributed by atoms with Gasteiger partial charge in [-0.1, -0.05) is 24.3 Å². The summed E-state index contributed by atoms with van der Waals surface area (Å²) in [7, 11) is 0. The Morgan fingerprint density at radius 1 is 0.931 bits per heavy atom. The van der Waals surface area contributed by atoms with Gasteiger partial charge in [-0.05, 0) is 35.9 Å². The number of alkyl halides is 3. The van der Waals surface area contributed by atoms with Crippen molar-refractivity contribution in [1.82, 2.24) is 15.2 Å². The fourth-order valence-corrected chi connectivity index (χ4v) is 3.52. The van der Waals surface area contributed by atoms with E-state index in [1.54, 1.807) is 12.1 Å². The van der Waals surface area contributed by atoms with E-state index in [0.29, 0.717) is 5.75 Å². The molecule has 0 atom stereocenters. The number of nitrogens with one attached hydrogen (secondary N) is 1. The highest BCUT2D eigenvalue weighted by atomic mass is 19.4. The molecule has 2 aromatic carbocycles. The second-order valence-electron chi connectivity index (χ2n) is 6.77. The Morgan fingerprint density at radius 3 is 2.45 bits per heavy atom. The molecule has 4 aromatic rings. The maximum Gasteiger partial charge on any atom is 0.417 e. The molecule has 2 aromatic heterocycles. The molecule has 0 fully saturated rings. The molecule has 0 spiro atoms. The van der Waals surface area contributed by atoms with Crippen LogP contribution in [0.3, 0.4) is 0 Å². The zero-order valence-corrected chi connectivity index (χ0v) is 15.0. The lowest BCUT2D eigenvalue weighted by Gasteiger charge is -2.08. The van der Waals surface area contributed by atoms with Crippen LogP contribution in [0.15, 0.2) is 66.9 Å². The summed E-state index contributed by atoms with van der Waals surface area (Å²) in [5, 5.41) is 7.60. The normalized spacial score (nSPS) is 12.5. The van der Waals surface area contributed by atoms with Gasteiger partial charge >= 0.3 is 6.18 Å². The van der Waals surface area contributed by atoms with Crippen LogP contribution >= 0.6 is 0 Å². The van der Waals surface area contributed by atoms with Crippen LogP contribution in [0.2, 0.25) is 0 Å². The van der Waals surface area contributed by atoms with E-state index >= 15 is 0 Å². The average Bonchev–Trinajstić information content (AvgIpc) is 3.28. The molecule has 0 bridgehead atoms. The average molecular weight is 393 g/mol. The van der Waals surface area contributed by atoms with Crippen molar-refractivity contribution >= 4 is 0 Å². The van der Waals surface area contributed by atoms with Gasteiger partial charge in [-0.25, -0.2) is 4.98 Å². The quantitative estimate of drug-likeness (QED) is 0.418. The molecule has 0 saturated carbocycles. The Bertz CT molecular complexity index is 1180. The van der Waals surface area contributed by atoms with Crippen molar-refractivity contribution in [2.75, 3.05) is 0 Å². The van der Waals surface area contributed by atoms with Gasteiger partial charge in [0, 0.05) is 35.4 Å². The van der Waals surface area contributed by atoms with Crippen molar-refractivity contribution in [3.63, 3.8) is 0 Å². The van der Waals surface area contributed by atoms with Crippen LogP contribution < -0.4 is 4.74 Å². The lowest BCUT2D eigenvalue weighted by atomic mass is 10.1. The first-order chi connectivity index (χ1) is 14.0. The number of rotatable bonds is 3. The van der Waals surface area contributed by atoms with E-state index in [4.69, 9.17) is 4.74 Å². The van der Waals surface area contributed by atoms with Crippen LogP contribution in [-0.2, 0) is 12.6 Å². The first kappa shape index (κ1) is 17.5. The van der Waals surface area contributed by atoms with Crippen LogP contribution in [0.25, 0.3) is 22.5 Å². The molecule has 1 N–H and O–H groups in total. The second kappa shape index (κ2) is 6.48. The van der Waals surface area contributed by atoms with Gasteiger partial charge in [0.2, 0.25) is 5.88 Å². The van der Waals surface area contributed by atoms with Crippen LogP contribution in [0.1, 0.15) is 16.7 Å². The smallest absolute Gasteiger partial charge is 0.417 e. The summed E-state index contributed by atoms with van der Waals surface area (Å²) < 4.78 is 43.4. The molecule has 1 aliphatic carbocycles. The van der Waals surface area contributed by atoms with Gasteiger partial charge in [-0.3, -0.25) is 5.10 Å². The fourth-order valence-electron chi connectivity index (χ4n) is 3.52. The van der Waals surface area contributed by atoms with Gasteiger partial charge in [0.05, 0.1) is 17.0 Å². The first-order valence-electron chi connectivity index (χ1n) is 8.96. The molecular formula is C22H14F3N3O. The topological polar surface area (TPSA) is 50.8 Å². The number of H-pyrrole nitrogens is 1. The third-order valence-electron chi connectivity index (χ3n) is 4.93. The summed E-state index contributed by atoms with van der Waals surface area (Å²) in [4.78, 5) is 3.72. The summed E-state index contributed by atoms with van der Waals surface area (Å²) >= 11 is 0. The lowest BCUT2D eigenvalue weighted by molar-refractivity contribution is -0.137. The first-order valence-corrected chi connectivity index (χ1v) is 8.96. The second-order valence-corrected chi connectivity index (χ2v) is 6.77. The summed E-state index contributed by atoms with van der Waals surface area (Å²) in [6.45, 7) is 0. The maximum atomic E-state index is 12.6. The van der Waals surface area contributed by atoms with Crippen molar-refractivity contribution in [2.45, 2.75) is 12.6 Å². The minimum absolute atomic E-state index is 0.0989. The Hall–Kier alpha value is -3.61. The van der Waals surface area contributed by atoms with Crippen molar-refractivity contribution < 1.29 is 17.9 Å². The zero-order valence-electron chi connectivity index (χ0n) is 15.0. The molecule has 144 valence electrons. The predicted octanol–water partition coefficient (Wildman–Crippen LogP) is 5.85. The van der Waals surface area contributed by atoms with Gasteiger partial charge in [-0.15, -0.1) is 0 Å². The molecule has 1 aliphatic rings. The molecule has 29 heavy (non-hydrogen) atoms. The number of fused-ring (bicyclic) bond motifs is 3. The molecule has 0 amide bonds. The van der Waals surface area contributed by atoms with Gasteiger partial charge in [0.1, 0.15) is 5.75 Å². The number of aromatic nitrogens is 3. The highest BCUT2D eigenvalue weighted by Gasteiger charge is 2.30. The van der Waals surface area contributed by atoms with Crippen LogP contribution in [0, 0.1) is 0 Å². The summed E-state index contributed by atoms with van der Waals surface area (Å²) in [5.74, 6) is 0.582. The molecule has 0 aliphatic heterocycles. The standard InChI is InChI=1S/C22H14F3N3O/c23-22(24,25)15-7-10-19(26-12-15)29-16-8-5-13(6-9-16)20-18-11-14-3-1-2-4-17(14)21(18)28-27-20/h1-10,12H,11H2,(H,27,28). The Morgan fingerprint density at radius 2 is 1.72 bits per heavy atom. The number of halogens is 3. The van der Waals surface area contributed by atoms with E-state index in [9.17, 15) is 13.2 Å². The molecule has 2 heterocycles.